The first-order valence-electron chi connectivity index (χ1n) is 8.21. The van der Waals surface area contributed by atoms with Crippen molar-refractivity contribution in [3.05, 3.63) is 59.9 Å². The predicted molar refractivity (Wildman–Crippen MR) is 104 cm³/mol. The van der Waals surface area contributed by atoms with Crippen LogP contribution in [0, 0.1) is 13.8 Å². The summed E-state index contributed by atoms with van der Waals surface area (Å²) >= 11 is 1.36. The number of thioether (sulfide) groups is 1. The first-order chi connectivity index (χ1) is 12.6. The van der Waals surface area contributed by atoms with Crippen LogP contribution in [-0.4, -0.2) is 31.2 Å². The Morgan fingerprint density at radius 1 is 1.15 bits per heavy atom. The average Bonchev–Trinajstić information content (AvgIpc) is 3.14. The SMILES string of the molecule is Cc1cccc(NC(=O)CSc2nc3ccccc3n3cnnc23)c1C. The van der Waals surface area contributed by atoms with Crippen LogP contribution in [0.1, 0.15) is 11.1 Å². The van der Waals surface area contributed by atoms with Crippen LogP contribution in [0.4, 0.5) is 5.69 Å². The third-order valence-electron chi connectivity index (χ3n) is 4.32. The van der Waals surface area contributed by atoms with Gasteiger partial charge in [-0.2, -0.15) is 0 Å². The predicted octanol–water partition coefficient (Wildman–Crippen LogP) is 3.63. The Morgan fingerprint density at radius 2 is 2.00 bits per heavy atom. The second-order valence-corrected chi connectivity index (χ2v) is 6.98. The molecule has 6 nitrogen and oxygen atoms in total. The van der Waals surface area contributed by atoms with Gasteiger partial charge in [-0.05, 0) is 43.2 Å². The van der Waals surface area contributed by atoms with Crippen molar-refractivity contribution in [1.82, 2.24) is 19.6 Å². The number of hydrogen-bond donors (Lipinski definition) is 1. The molecule has 1 N–H and O–H groups in total. The van der Waals surface area contributed by atoms with Crippen molar-refractivity contribution < 1.29 is 4.79 Å². The Balaban J connectivity index is 1.56. The number of aryl methyl sites for hydroxylation is 1. The van der Waals surface area contributed by atoms with Gasteiger partial charge in [-0.3, -0.25) is 9.20 Å². The van der Waals surface area contributed by atoms with E-state index in [4.69, 9.17) is 0 Å². The molecule has 0 bridgehead atoms. The van der Waals surface area contributed by atoms with Gasteiger partial charge < -0.3 is 5.32 Å². The van der Waals surface area contributed by atoms with Crippen LogP contribution >= 0.6 is 11.8 Å². The van der Waals surface area contributed by atoms with Crippen molar-refractivity contribution in [3.8, 4) is 0 Å². The van der Waals surface area contributed by atoms with E-state index < -0.39 is 0 Å². The Labute approximate surface area is 154 Å². The number of aromatic nitrogens is 4. The lowest BCUT2D eigenvalue weighted by Crippen LogP contribution is -2.15. The lowest BCUT2D eigenvalue weighted by atomic mass is 10.1. The van der Waals surface area contributed by atoms with Gasteiger partial charge in [0.05, 0.1) is 16.8 Å². The smallest absolute Gasteiger partial charge is 0.234 e. The molecular formula is C19H17N5OS. The van der Waals surface area contributed by atoms with Crippen molar-refractivity contribution >= 4 is 40.0 Å². The number of para-hydroxylation sites is 2. The Hall–Kier alpha value is -2.93. The van der Waals surface area contributed by atoms with E-state index in [0.29, 0.717) is 10.7 Å². The van der Waals surface area contributed by atoms with E-state index >= 15 is 0 Å². The number of carbonyl (C=O) groups excluding carboxylic acids is 1. The van der Waals surface area contributed by atoms with Crippen LogP contribution in [0.15, 0.2) is 53.8 Å². The molecule has 0 saturated carbocycles. The summed E-state index contributed by atoms with van der Waals surface area (Å²) in [6, 6.07) is 13.7. The highest BCUT2D eigenvalue weighted by Crippen LogP contribution is 2.25. The normalized spacial score (nSPS) is 11.2. The lowest BCUT2D eigenvalue weighted by molar-refractivity contribution is -0.113. The Bertz CT molecular complexity index is 1120. The standard InChI is InChI=1S/C19H17N5OS/c1-12-6-5-8-14(13(12)2)21-17(25)10-26-19-18-23-20-11-24(18)16-9-4-3-7-15(16)22-19/h3-9,11H,10H2,1-2H3,(H,21,25). The van der Waals surface area contributed by atoms with Gasteiger partial charge >= 0.3 is 0 Å². The Morgan fingerprint density at radius 3 is 2.88 bits per heavy atom. The zero-order valence-electron chi connectivity index (χ0n) is 14.4. The summed E-state index contributed by atoms with van der Waals surface area (Å²) in [5, 5.41) is 11.8. The molecule has 0 spiro atoms. The largest absolute Gasteiger partial charge is 0.325 e. The zero-order valence-corrected chi connectivity index (χ0v) is 15.2. The van der Waals surface area contributed by atoms with Gasteiger partial charge in [-0.25, -0.2) is 4.98 Å². The molecule has 26 heavy (non-hydrogen) atoms. The van der Waals surface area contributed by atoms with Crippen molar-refractivity contribution in [2.75, 3.05) is 11.1 Å². The van der Waals surface area contributed by atoms with E-state index in [2.05, 4.69) is 20.5 Å². The second-order valence-electron chi connectivity index (χ2n) is 6.01. The van der Waals surface area contributed by atoms with E-state index in [-0.39, 0.29) is 11.7 Å². The van der Waals surface area contributed by atoms with Gasteiger partial charge in [-0.1, -0.05) is 36.0 Å². The van der Waals surface area contributed by atoms with Crippen molar-refractivity contribution in [2.45, 2.75) is 18.9 Å². The topological polar surface area (TPSA) is 72.2 Å². The Kier molecular flexibility index (Phi) is 4.30. The lowest BCUT2D eigenvalue weighted by Gasteiger charge is -2.10. The molecule has 0 fully saturated rings. The molecule has 4 rings (SSSR count). The molecule has 4 aromatic rings. The molecule has 2 aromatic heterocycles. The summed E-state index contributed by atoms with van der Waals surface area (Å²) < 4.78 is 1.90. The highest BCUT2D eigenvalue weighted by molar-refractivity contribution is 8.00. The maximum atomic E-state index is 12.4. The van der Waals surface area contributed by atoms with Crippen molar-refractivity contribution in [1.29, 1.82) is 0 Å². The molecule has 2 aromatic carbocycles. The number of rotatable bonds is 4. The molecule has 130 valence electrons. The second kappa shape index (κ2) is 6.76. The number of fused-ring (bicyclic) bond motifs is 3. The van der Waals surface area contributed by atoms with Gasteiger partial charge in [0, 0.05) is 5.69 Å². The van der Waals surface area contributed by atoms with Crippen LogP contribution in [0.25, 0.3) is 16.7 Å². The number of amides is 1. The summed E-state index contributed by atoms with van der Waals surface area (Å²) in [6.45, 7) is 4.03. The van der Waals surface area contributed by atoms with E-state index in [9.17, 15) is 4.79 Å². The minimum absolute atomic E-state index is 0.0728. The van der Waals surface area contributed by atoms with Gasteiger partial charge in [0.2, 0.25) is 5.91 Å². The highest BCUT2D eigenvalue weighted by Gasteiger charge is 2.13. The summed E-state index contributed by atoms with van der Waals surface area (Å²) in [6.07, 6.45) is 1.67. The maximum absolute atomic E-state index is 12.4. The van der Waals surface area contributed by atoms with E-state index in [1.54, 1.807) is 6.33 Å². The van der Waals surface area contributed by atoms with Gasteiger partial charge in [-0.15, -0.1) is 10.2 Å². The maximum Gasteiger partial charge on any atom is 0.234 e. The molecule has 0 aliphatic carbocycles. The number of nitrogens with zero attached hydrogens (tertiary/aromatic N) is 4. The van der Waals surface area contributed by atoms with Crippen LogP contribution < -0.4 is 5.32 Å². The molecule has 1 amide bonds. The number of nitrogens with one attached hydrogen (secondary N) is 1. The minimum Gasteiger partial charge on any atom is -0.325 e. The van der Waals surface area contributed by atoms with Crippen LogP contribution in [-0.2, 0) is 4.79 Å². The fourth-order valence-electron chi connectivity index (χ4n) is 2.78. The van der Waals surface area contributed by atoms with Crippen molar-refractivity contribution in [2.24, 2.45) is 0 Å². The fourth-order valence-corrected chi connectivity index (χ4v) is 3.55. The van der Waals surface area contributed by atoms with E-state index in [1.165, 1.54) is 11.8 Å². The molecule has 7 heteroatoms. The number of carbonyl (C=O) groups is 1. The summed E-state index contributed by atoms with van der Waals surface area (Å²) in [5.74, 6) is 0.178. The highest BCUT2D eigenvalue weighted by atomic mass is 32.2. The molecule has 0 atom stereocenters. The van der Waals surface area contributed by atoms with Gasteiger partial charge in [0.25, 0.3) is 0 Å². The third kappa shape index (κ3) is 3.01. The number of hydrogen-bond acceptors (Lipinski definition) is 5. The molecule has 0 unspecified atom stereocenters. The average molecular weight is 363 g/mol. The third-order valence-corrected chi connectivity index (χ3v) is 5.27. The molecule has 0 radical (unpaired) electrons. The van der Waals surface area contributed by atoms with Gasteiger partial charge in [0.15, 0.2) is 5.65 Å². The number of anilines is 1. The summed E-state index contributed by atoms with van der Waals surface area (Å²) in [5.41, 5.74) is 5.52. The first-order valence-corrected chi connectivity index (χ1v) is 9.19. The van der Waals surface area contributed by atoms with E-state index in [1.807, 2.05) is 60.7 Å². The first kappa shape index (κ1) is 16.5. The number of benzene rings is 2. The van der Waals surface area contributed by atoms with Crippen molar-refractivity contribution in [3.63, 3.8) is 0 Å². The van der Waals surface area contributed by atoms with E-state index in [0.717, 1.165) is 27.8 Å². The van der Waals surface area contributed by atoms with Crippen LogP contribution in [0.2, 0.25) is 0 Å². The zero-order chi connectivity index (χ0) is 18.1. The summed E-state index contributed by atoms with van der Waals surface area (Å²) in [4.78, 5) is 17.0. The minimum atomic E-state index is -0.0728. The molecule has 0 aliphatic heterocycles. The monoisotopic (exact) mass is 363 g/mol. The quantitative estimate of drug-likeness (QED) is 0.561. The molecule has 0 saturated heterocycles. The fraction of sp³-hybridized carbons (Fsp3) is 0.158. The van der Waals surface area contributed by atoms with Crippen LogP contribution in [0.3, 0.4) is 0 Å². The summed E-state index contributed by atoms with van der Waals surface area (Å²) in [7, 11) is 0. The molecule has 0 aliphatic rings. The molecular weight excluding hydrogens is 346 g/mol. The van der Waals surface area contributed by atoms with Crippen LogP contribution in [0.5, 0.6) is 0 Å². The molecule has 2 heterocycles. The van der Waals surface area contributed by atoms with Gasteiger partial charge in [0.1, 0.15) is 11.4 Å².